The molecule has 1 atom stereocenters. The van der Waals surface area contributed by atoms with Gasteiger partial charge in [-0.05, 0) is 48.9 Å². The summed E-state index contributed by atoms with van der Waals surface area (Å²) in [5.74, 6) is -0.146. The molecule has 1 fully saturated rings. The number of fused-ring (bicyclic) bond motifs is 1. The number of halogens is 1. The lowest BCUT2D eigenvalue weighted by molar-refractivity contribution is 0.352. The van der Waals surface area contributed by atoms with Crippen molar-refractivity contribution >= 4 is 15.9 Å². The Morgan fingerprint density at radius 2 is 1.91 bits per heavy atom. The Bertz CT molecular complexity index is 681. The Balaban J connectivity index is 2.23. The molecule has 0 N–H and O–H groups in total. The first kappa shape index (κ1) is 15.7. The third-order valence-electron chi connectivity index (χ3n) is 5.08. The highest BCUT2D eigenvalue weighted by Crippen LogP contribution is 2.52. The molecule has 6 heteroatoms. The van der Waals surface area contributed by atoms with Gasteiger partial charge in [-0.25, -0.2) is 4.39 Å². The van der Waals surface area contributed by atoms with Crippen molar-refractivity contribution in [3.8, 4) is 0 Å². The van der Waals surface area contributed by atoms with Gasteiger partial charge in [0.15, 0.2) is 0 Å². The van der Waals surface area contributed by atoms with Crippen molar-refractivity contribution in [2.24, 2.45) is 0 Å². The van der Waals surface area contributed by atoms with Crippen LogP contribution < -0.4 is 4.31 Å². The van der Waals surface area contributed by atoms with Crippen molar-refractivity contribution in [3.05, 3.63) is 29.6 Å². The van der Waals surface area contributed by atoms with E-state index in [-0.39, 0.29) is 17.3 Å². The Hall–Kier alpha value is -1.14. The van der Waals surface area contributed by atoms with Crippen molar-refractivity contribution in [2.75, 3.05) is 18.4 Å². The average Bonchev–Trinajstić information content (AvgIpc) is 2.88. The van der Waals surface area contributed by atoms with Gasteiger partial charge in [-0.2, -0.15) is 12.7 Å². The van der Waals surface area contributed by atoms with Crippen molar-refractivity contribution in [3.63, 3.8) is 0 Å². The first-order valence-corrected chi connectivity index (χ1v) is 9.20. The molecule has 2 aliphatic rings. The molecule has 0 saturated heterocycles. The standard InChI is InChI=1S/C16H23FN2O2S/c1-12-11-16(8-4-5-9-16)19(22(20,21)18(2)3)15-7-6-13(17)10-14(12)15/h6-7,10,12H,4-5,8-9,11H2,1-3H3. The summed E-state index contributed by atoms with van der Waals surface area (Å²) in [4.78, 5) is 0. The summed E-state index contributed by atoms with van der Waals surface area (Å²) < 4.78 is 42.4. The van der Waals surface area contributed by atoms with E-state index in [4.69, 9.17) is 0 Å². The molecule has 1 aliphatic heterocycles. The second-order valence-corrected chi connectivity index (χ2v) is 8.79. The maximum atomic E-state index is 13.6. The minimum absolute atomic E-state index is 0.164. The molecule has 0 bridgehead atoms. The lowest BCUT2D eigenvalue weighted by Crippen LogP contribution is -2.56. The minimum Gasteiger partial charge on any atom is -0.251 e. The van der Waals surface area contributed by atoms with Crippen LogP contribution in [0.3, 0.4) is 0 Å². The molecule has 0 aromatic heterocycles. The van der Waals surface area contributed by atoms with Gasteiger partial charge < -0.3 is 0 Å². The van der Waals surface area contributed by atoms with E-state index in [1.165, 1.54) is 16.4 Å². The lowest BCUT2D eigenvalue weighted by atomic mass is 9.78. The van der Waals surface area contributed by atoms with Crippen molar-refractivity contribution in [1.82, 2.24) is 4.31 Å². The van der Waals surface area contributed by atoms with Gasteiger partial charge in [0.2, 0.25) is 0 Å². The smallest absolute Gasteiger partial charge is 0.251 e. The quantitative estimate of drug-likeness (QED) is 0.837. The summed E-state index contributed by atoms with van der Waals surface area (Å²) in [5, 5.41) is 0. The van der Waals surface area contributed by atoms with Crippen LogP contribution in [0.5, 0.6) is 0 Å². The normalized spacial score (nSPS) is 24.0. The van der Waals surface area contributed by atoms with Gasteiger partial charge in [0.1, 0.15) is 5.82 Å². The van der Waals surface area contributed by atoms with Gasteiger partial charge in [-0.15, -0.1) is 0 Å². The van der Waals surface area contributed by atoms with Crippen LogP contribution in [-0.2, 0) is 10.2 Å². The van der Waals surface area contributed by atoms with E-state index in [1.54, 1.807) is 24.5 Å². The van der Waals surface area contributed by atoms with Gasteiger partial charge in [0.05, 0.1) is 11.2 Å². The fraction of sp³-hybridized carbons (Fsp3) is 0.625. The number of hydrogen-bond donors (Lipinski definition) is 0. The Kier molecular flexibility index (Phi) is 3.72. The zero-order chi connectivity index (χ0) is 16.1. The maximum absolute atomic E-state index is 13.6. The third kappa shape index (κ3) is 2.24. The Morgan fingerprint density at radius 1 is 1.27 bits per heavy atom. The van der Waals surface area contributed by atoms with E-state index >= 15 is 0 Å². The highest BCUT2D eigenvalue weighted by Gasteiger charge is 2.50. The SMILES string of the molecule is CC1CC2(CCCC2)N(S(=O)(=O)N(C)C)c2ccc(F)cc21. The zero-order valence-electron chi connectivity index (χ0n) is 13.3. The van der Waals surface area contributed by atoms with E-state index in [0.717, 1.165) is 37.7 Å². The van der Waals surface area contributed by atoms with E-state index in [9.17, 15) is 12.8 Å². The molecule has 1 saturated carbocycles. The largest absolute Gasteiger partial charge is 0.304 e. The summed E-state index contributed by atoms with van der Waals surface area (Å²) in [6.45, 7) is 2.07. The number of anilines is 1. The second kappa shape index (κ2) is 5.20. The zero-order valence-corrected chi connectivity index (χ0v) is 14.2. The monoisotopic (exact) mass is 326 g/mol. The molecule has 1 aromatic rings. The van der Waals surface area contributed by atoms with Gasteiger partial charge in [-0.1, -0.05) is 19.8 Å². The van der Waals surface area contributed by atoms with Crippen molar-refractivity contribution < 1.29 is 12.8 Å². The van der Waals surface area contributed by atoms with Gasteiger partial charge in [0.25, 0.3) is 0 Å². The molecule has 22 heavy (non-hydrogen) atoms. The molecule has 122 valence electrons. The van der Waals surface area contributed by atoms with Crippen LogP contribution in [-0.4, -0.2) is 32.4 Å². The predicted octanol–water partition coefficient (Wildman–Crippen LogP) is 3.26. The van der Waals surface area contributed by atoms with Crippen molar-refractivity contribution in [2.45, 2.75) is 50.5 Å². The molecule has 1 aromatic carbocycles. The van der Waals surface area contributed by atoms with Crippen LogP contribution in [0.15, 0.2) is 18.2 Å². The fourth-order valence-electron chi connectivity index (χ4n) is 4.10. The van der Waals surface area contributed by atoms with Crippen LogP contribution in [0.25, 0.3) is 0 Å². The van der Waals surface area contributed by atoms with E-state index in [1.807, 2.05) is 0 Å². The molecule has 1 heterocycles. The van der Waals surface area contributed by atoms with Crippen LogP contribution in [0.4, 0.5) is 10.1 Å². The lowest BCUT2D eigenvalue weighted by Gasteiger charge is -2.48. The van der Waals surface area contributed by atoms with E-state index < -0.39 is 10.2 Å². The number of nitrogens with zero attached hydrogens (tertiary/aromatic N) is 2. The Labute approximate surface area is 132 Å². The molecule has 0 amide bonds. The average molecular weight is 326 g/mol. The minimum atomic E-state index is -3.60. The van der Waals surface area contributed by atoms with Crippen LogP contribution in [0, 0.1) is 5.82 Å². The highest BCUT2D eigenvalue weighted by molar-refractivity contribution is 7.90. The van der Waals surface area contributed by atoms with Crippen molar-refractivity contribution in [1.29, 1.82) is 0 Å². The first-order valence-electron chi connectivity index (χ1n) is 7.80. The molecule has 4 nitrogen and oxygen atoms in total. The number of hydrogen-bond acceptors (Lipinski definition) is 2. The topological polar surface area (TPSA) is 40.6 Å². The molecular formula is C16H23FN2O2S. The first-order chi connectivity index (χ1) is 10.3. The maximum Gasteiger partial charge on any atom is 0.304 e. The van der Waals surface area contributed by atoms with E-state index in [2.05, 4.69) is 6.92 Å². The molecule has 3 rings (SSSR count). The molecular weight excluding hydrogens is 303 g/mol. The molecule has 1 aliphatic carbocycles. The second-order valence-electron chi connectivity index (χ2n) is 6.79. The van der Waals surface area contributed by atoms with Crippen LogP contribution >= 0.6 is 0 Å². The van der Waals surface area contributed by atoms with Crippen LogP contribution in [0.2, 0.25) is 0 Å². The molecule has 1 spiro atoms. The van der Waals surface area contributed by atoms with E-state index in [0.29, 0.717) is 5.69 Å². The molecule has 0 radical (unpaired) electrons. The van der Waals surface area contributed by atoms with Crippen LogP contribution in [0.1, 0.15) is 50.5 Å². The summed E-state index contributed by atoms with van der Waals surface area (Å²) in [7, 11) is -0.488. The number of rotatable bonds is 2. The van der Waals surface area contributed by atoms with Gasteiger partial charge in [0, 0.05) is 14.1 Å². The highest BCUT2D eigenvalue weighted by atomic mass is 32.2. The summed E-state index contributed by atoms with van der Waals surface area (Å²) in [6, 6.07) is 4.47. The number of benzene rings is 1. The fourth-order valence-corrected chi connectivity index (χ4v) is 5.58. The van der Waals surface area contributed by atoms with Gasteiger partial charge >= 0.3 is 10.2 Å². The third-order valence-corrected chi connectivity index (χ3v) is 7.05. The van der Waals surface area contributed by atoms with Gasteiger partial charge in [-0.3, -0.25) is 4.31 Å². The summed E-state index contributed by atoms with van der Waals surface area (Å²) in [5.41, 5.74) is 1.09. The summed E-state index contributed by atoms with van der Waals surface area (Å²) >= 11 is 0. The Morgan fingerprint density at radius 3 is 2.50 bits per heavy atom. The summed E-state index contributed by atoms with van der Waals surface area (Å²) in [6.07, 6.45) is 4.60. The predicted molar refractivity (Wildman–Crippen MR) is 85.7 cm³/mol. The molecule has 1 unspecified atom stereocenters.